The molecule has 0 saturated carbocycles. The first-order chi connectivity index (χ1) is 8.54. The molecule has 0 radical (unpaired) electrons. The quantitative estimate of drug-likeness (QED) is 0.811. The third-order valence-electron chi connectivity index (χ3n) is 2.52. The summed E-state index contributed by atoms with van der Waals surface area (Å²) in [5.41, 5.74) is 3.08. The summed E-state index contributed by atoms with van der Waals surface area (Å²) in [5, 5.41) is 2.92. The highest BCUT2D eigenvalue weighted by molar-refractivity contribution is 9.10. The van der Waals surface area contributed by atoms with Crippen molar-refractivity contribution < 1.29 is 9.53 Å². The van der Waals surface area contributed by atoms with E-state index in [9.17, 15) is 4.79 Å². The van der Waals surface area contributed by atoms with Gasteiger partial charge in [-0.15, -0.1) is 0 Å². The van der Waals surface area contributed by atoms with Crippen molar-refractivity contribution in [2.24, 2.45) is 0 Å². The number of carbonyl (C=O) groups is 1. The van der Waals surface area contributed by atoms with Gasteiger partial charge >= 0.3 is 0 Å². The zero-order valence-corrected chi connectivity index (χ0v) is 12.8. The Morgan fingerprint density at radius 1 is 1.33 bits per heavy atom. The van der Waals surface area contributed by atoms with Crippen LogP contribution in [0, 0.1) is 13.8 Å². The number of hydrogen-bond donors (Lipinski definition) is 1. The van der Waals surface area contributed by atoms with Crippen LogP contribution in [-0.2, 0) is 9.53 Å². The monoisotopic (exact) mass is 313 g/mol. The van der Waals surface area contributed by atoms with Crippen LogP contribution in [0.1, 0.15) is 30.9 Å². The van der Waals surface area contributed by atoms with Crippen molar-refractivity contribution in [2.75, 3.05) is 18.5 Å². The van der Waals surface area contributed by atoms with Crippen LogP contribution in [0.2, 0.25) is 0 Å². The summed E-state index contributed by atoms with van der Waals surface area (Å²) in [5.74, 6) is -0.0150. The number of nitrogens with one attached hydrogen (secondary N) is 1. The first-order valence-electron chi connectivity index (χ1n) is 6.19. The number of rotatable bonds is 6. The molecule has 1 aromatic rings. The summed E-state index contributed by atoms with van der Waals surface area (Å²) >= 11 is 3.47. The Balaban J connectivity index is 2.54. The Bertz CT molecular complexity index is 395. The molecule has 4 heteroatoms. The molecule has 0 aliphatic heterocycles. The summed E-state index contributed by atoms with van der Waals surface area (Å²) in [6.07, 6.45) is 1.37. The van der Waals surface area contributed by atoms with Crippen LogP contribution in [0.25, 0.3) is 0 Å². The molecular formula is C14H20BrNO2. The van der Waals surface area contributed by atoms with Crippen molar-refractivity contribution in [1.29, 1.82) is 0 Å². The molecule has 0 atom stereocenters. The minimum absolute atomic E-state index is 0.0150. The van der Waals surface area contributed by atoms with Crippen LogP contribution in [0.5, 0.6) is 0 Å². The van der Waals surface area contributed by atoms with Gasteiger partial charge in [0.2, 0.25) is 5.91 Å². The first-order valence-corrected chi connectivity index (χ1v) is 6.98. The predicted octanol–water partition coefficient (Wildman–Crippen LogP) is 3.82. The molecule has 0 unspecified atom stereocenters. The highest BCUT2D eigenvalue weighted by Gasteiger charge is 2.08. The fourth-order valence-corrected chi connectivity index (χ4v) is 2.46. The Morgan fingerprint density at radius 2 is 2.06 bits per heavy atom. The van der Waals surface area contributed by atoms with Gasteiger partial charge in [0.05, 0.1) is 18.7 Å². The molecule has 0 saturated heterocycles. The van der Waals surface area contributed by atoms with Crippen LogP contribution in [-0.4, -0.2) is 19.1 Å². The molecule has 0 spiro atoms. The van der Waals surface area contributed by atoms with Gasteiger partial charge < -0.3 is 10.1 Å². The lowest BCUT2D eigenvalue weighted by molar-refractivity contribution is -0.117. The zero-order chi connectivity index (χ0) is 13.5. The average molecular weight is 314 g/mol. The second-order valence-electron chi connectivity index (χ2n) is 4.35. The average Bonchev–Trinajstić information content (AvgIpc) is 2.29. The number of carbonyl (C=O) groups excluding carboxylic acids is 1. The highest BCUT2D eigenvalue weighted by Crippen LogP contribution is 2.27. The maximum Gasteiger partial charge on any atom is 0.226 e. The smallest absolute Gasteiger partial charge is 0.226 e. The fourth-order valence-electron chi connectivity index (χ4n) is 1.69. The van der Waals surface area contributed by atoms with Gasteiger partial charge in [-0.1, -0.05) is 13.0 Å². The number of benzene rings is 1. The van der Waals surface area contributed by atoms with Crippen molar-refractivity contribution in [3.05, 3.63) is 27.7 Å². The van der Waals surface area contributed by atoms with E-state index in [-0.39, 0.29) is 5.91 Å². The molecule has 1 rings (SSSR count). The van der Waals surface area contributed by atoms with Crippen molar-refractivity contribution in [1.82, 2.24) is 0 Å². The van der Waals surface area contributed by atoms with E-state index in [1.807, 2.05) is 32.9 Å². The molecule has 1 amide bonds. The summed E-state index contributed by atoms with van der Waals surface area (Å²) in [6, 6.07) is 4.05. The zero-order valence-electron chi connectivity index (χ0n) is 11.2. The summed E-state index contributed by atoms with van der Waals surface area (Å²) < 4.78 is 6.22. The van der Waals surface area contributed by atoms with E-state index in [4.69, 9.17) is 4.74 Å². The van der Waals surface area contributed by atoms with E-state index in [1.165, 1.54) is 5.56 Å². The third-order valence-corrected chi connectivity index (χ3v) is 3.14. The Kier molecular flexibility index (Phi) is 6.36. The number of anilines is 1. The van der Waals surface area contributed by atoms with Gasteiger partial charge in [0.25, 0.3) is 0 Å². The Labute approximate surface area is 117 Å². The largest absolute Gasteiger partial charge is 0.381 e. The number of aryl methyl sites for hydroxylation is 2. The molecule has 0 heterocycles. The van der Waals surface area contributed by atoms with E-state index in [2.05, 4.69) is 21.2 Å². The third kappa shape index (κ3) is 4.78. The van der Waals surface area contributed by atoms with Crippen LogP contribution in [0.3, 0.4) is 0 Å². The molecule has 0 fully saturated rings. The normalized spacial score (nSPS) is 10.4. The van der Waals surface area contributed by atoms with E-state index in [1.54, 1.807) is 0 Å². The Hall–Kier alpha value is -0.870. The minimum atomic E-state index is -0.0150. The van der Waals surface area contributed by atoms with Crippen molar-refractivity contribution in [2.45, 2.75) is 33.6 Å². The molecular weight excluding hydrogens is 294 g/mol. The van der Waals surface area contributed by atoms with Gasteiger partial charge in [-0.3, -0.25) is 4.79 Å². The van der Waals surface area contributed by atoms with Crippen LogP contribution in [0.4, 0.5) is 5.69 Å². The highest BCUT2D eigenvalue weighted by atomic mass is 79.9. The van der Waals surface area contributed by atoms with Gasteiger partial charge in [0.15, 0.2) is 0 Å². The van der Waals surface area contributed by atoms with Gasteiger partial charge in [-0.05, 0) is 53.4 Å². The number of ether oxygens (including phenoxy) is 1. The SMILES string of the molecule is CCCOCCC(=O)Nc1c(C)cc(C)cc1Br. The lowest BCUT2D eigenvalue weighted by atomic mass is 10.1. The van der Waals surface area contributed by atoms with Crippen LogP contribution < -0.4 is 5.32 Å². The van der Waals surface area contributed by atoms with Gasteiger partial charge in [-0.2, -0.15) is 0 Å². The van der Waals surface area contributed by atoms with Gasteiger partial charge in [-0.25, -0.2) is 0 Å². The fraction of sp³-hybridized carbons (Fsp3) is 0.500. The van der Waals surface area contributed by atoms with E-state index in [0.29, 0.717) is 19.6 Å². The van der Waals surface area contributed by atoms with Gasteiger partial charge in [0.1, 0.15) is 0 Å². The molecule has 1 N–H and O–H groups in total. The minimum Gasteiger partial charge on any atom is -0.381 e. The lowest BCUT2D eigenvalue weighted by Gasteiger charge is -2.11. The van der Waals surface area contributed by atoms with Crippen LogP contribution >= 0.6 is 15.9 Å². The molecule has 0 aliphatic rings. The van der Waals surface area contributed by atoms with Crippen molar-refractivity contribution in [3.8, 4) is 0 Å². The summed E-state index contributed by atoms with van der Waals surface area (Å²) in [6.45, 7) is 7.25. The molecule has 100 valence electrons. The molecule has 0 aliphatic carbocycles. The predicted molar refractivity (Wildman–Crippen MR) is 78.0 cm³/mol. The first kappa shape index (κ1) is 15.2. The Morgan fingerprint density at radius 3 is 2.67 bits per heavy atom. The summed E-state index contributed by atoms with van der Waals surface area (Å²) in [7, 11) is 0. The molecule has 0 bridgehead atoms. The lowest BCUT2D eigenvalue weighted by Crippen LogP contribution is -2.15. The maximum atomic E-state index is 11.8. The maximum absolute atomic E-state index is 11.8. The van der Waals surface area contributed by atoms with Crippen LogP contribution in [0.15, 0.2) is 16.6 Å². The molecule has 3 nitrogen and oxygen atoms in total. The van der Waals surface area contributed by atoms with E-state index in [0.717, 1.165) is 22.1 Å². The van der Waals surface area contributed by atoms with E-state index < -0.39 is 0 Å². The molecule has 18 heavy (non-hydrogen) atoms. The molecule has 0 aromatic heterocycles. The number of halogens is 1. The van der Waals surface area contributed by atoms with Crippen molar-refractivity contribution in [3.63, 3.8) is 0 Å². The summed E-state index contributed by atoms with van der Waals surface area (Å²) in [4.78, 5) is 11.8. The van der Waals surface area contributed by atoms with Gasteiger partial charge in [0, 0.05) is 11.1 Å². The van der Waals surface area contributed by atoms with Crippen molar-refractivity contribution >= 4 is 27.5 Å². The molecule has 1 aromatic carbocycles. The van der Waals surface area contributed by atoms with E-state index >= 15 is 0 Å². The topological polar surface area (TPSA) is 38.3 Å². The number of amides is 1. The second kappa shape index (κ2) is 7.54. The standard InChI is InChI=1S/C14H20BrNO2/c1-4-6-18-7-5-13(17)16-14-11(3)8-10(2)9-12(14)15/h8-9H,4-7H2,1-3H3,(H,16,17). The second-order valence-corrected chi connectivity index (χ2v) is 5.20. The number of hydrogen-bond acceptors (Lipinski definition) is 2.